The third-order valence-electron chi connectivity index (χ3n) is 18.6. The number of ether oxygens (including phenoxy) is 5. The predicted octanol–water partition coefficient (Wildman–Crippen LogP) is 3.78. The molecule has 0 bridgehead atoms. The lowest BCUT2D eigenvalue weighted by Crippen LogP contribution is -2.33. The largest absolute Gasteiger partial charge is 0.387 e. The molecule has 0 amide bonds. The number of fused-ring (bicyclic) bond motifs is 2. The first-order chi connectivity index (χ1) is 51.7. The minimum Gasteiger partial charge on any atom is -0.383 e. The van der Waals surface area contributed by atoms with E-state index in [1.54, 1.807) is 11.9 Å². The molecule has 13 heterocycles. The van der Waals surface area contributed by atoms with Gasteiger partial charge in [-0.1, -0.05) is 75.1 Å². The van der Waals surface area contributed by atoms with Crippen molar-refractivity contribution in [1.29, 1.82) is 0 Å². The van der Waals surface area contributed by atoms with Crippen molar-refractivity contribution in [2.75, 3.05) is 63.8 Å². The number of hydrogen-bond donors (Lipinski definition) is 12. The number of imidazole rings is 2. The summed E-state index contributed by atoms with van der Waals surface area (Å²) in [6.45, 7) is -18.9. The summed E-state index contributed by atoms with van der Waals surface area (Å²) in [5, 5.41) is 0. The van der Waals surface area contributed by atoms with Crippen LogP contribution in [0.5, 0.6) is 0 Å². The third-order valence-corrected chi connectivity index (χ3v) is 26.8. The summed E-state index contributed by atoms with van der Waals surface area (Å²) >= 11 is 21.3. The quantitative estimate of drug-likeness (QED) is 0.0167. The molecule has 55 heteroatoms. The van der Waals surface area contributed by atoms with Crippen molar-refractivity contribution in [2.45, 2.75) is 152 Å². The smallest absolute Gasteiger partial charge is 0.383 e. The van der Waals surface area contributed by atoms with E-state index in [4.69, 9.17) is 86.1 Å². The number of aromatic amines is 4. The van der Waals surface area contributed by atoms with Gasteiger partial charge in [-0.2, -0.15) is 15.0 Å². The summed E-state index contributed by atoms with van der Waals surface area (Å²) in [5.41, 5.74) is 12.1. The molecule has 0 spiro atoms. The minimum atomic E-state index is -4.81. The lowest BCUT2D eigenvalue weighted by molar-refractivity contribution is -0.0523. The monoisotopic (exact) mass is 1730 g/mol. The van der Waals surface area contributed by atoms with Crippen LogP contribution < -0.4 is 56.5 Å². The van der Waals surface area contributed by atoms with Crippen molar-refractivity contribution in [3.8, 4) is 0 Å². The number of aryl methyl sites for hydroxylation is 2. The van der Waals surface area contributed by atoms with Gasteiger partial charge in [0, 0.05) is 61.9 Å². The lowest BCUT2D eigenvalue weighted by atomic mass is 9.89. The Balaban J connectivity index is 0.714. The van der Waals surface area contributed by atoms with E-state index in [-0.39, 0.29) is 95.3 Å². The Labute approximate surface area is 645 Å². The first kappa shape index (κ1) is 82.6. The van der Waals surface area contributed by atoms with Gasteiger partial charge in [0.25, 0.3) is 22.2 Å². The van der Waals surface area contributed by atoms with Crippen molar-refractivity contribution >= 4 is 135 Å². The molecule has 13 rings (SSSR count). The van der Waals surface area contributed by atoms with Crippen LogP contribution in [0.3, 0.4) is 0 Å². The minimum absolute atomic E-state index is 0.00273. The summed E-state index contributed by atoms with van der Waals surface area (Å²) in [6.07, 6.45) is -12.7. The van der Waals surface area contributed by atoms with E-state index in [9.17, 15) is 56.4 Å². The molecule has 10 N–H and O–H groups in total. The average Bonchev–Trinajstić information content (AvgIpc) is 1.63. The molecule has 12 unspecified atom stereocenters. The molecule has 6 saturated heterocycles. The molecule has 22 atom stereocenters. The standard InChI is InChI=1S/C55H75N18O27P5S5/c1-23(2)26-8-37(69-7-6-36(56)61-53(69)78)91-31(26)16-86-101(81,106)96-27-9-38(70-13-24(3)47(74)66-54(70)79)92-32(27)17-87-103(83,108)98-29-11-40(72-21-59-43-45(72)62-51(57)64-49(43)76)94-34(29)19-89-102(82,107)97-28-10-39(71-14-25(4)48(75)67-55(71)80)93-33(28)18-88-104(84,109)99-30-12-41(73-22-60-44-46(73)63-52(58)65-50(44)77)95-35(30)20-90-105(85,110)100-42-15-68(42)5/h6-7,13-14,21-23,26-35,37-42H,8-12,15-20H2,1-5H3,(H,81,106)(H,82,107)(H,83,108)(H,84,109)(H,85,110)(H2,56,61,78)(H,66,74,79)(H,67,75,80)(H3,57,62,64,76)(H3,58,63,65,77)/t26?,27?,28?,29?,30?,31-,32-,33-,34-,35-,37-,38-,39-,40-,41-,42?,68?,101?,102?,103?,104?,105?/m1/s1. The summed E-state index contributed by atoms with van der Waals surface area (Å²) < 4.78 is 168. The van der Waals surface area contributed by atoms with Crippen molar-refractivity contribution in [3.63, 3.8) is 0 Å². The molecule has 7 aromatic heterocycles. The molecule has 0 aromatic carbocycles. The Morgan fingerprint density at radius 3 is 1.17 bits per heavy atom. The molecular weight excluding hydrogens is 1660 g/mol. The fourth-order valence-electron chi connectivity index (χ4n) is 13.0. The Bertz CT molecular complexity index is 5360. The van der Waals surface area contributed by atoms with E-state index in [0.29, 0.717) is 13.0 Å². The molecule has 45 nitrogen and oxygen atoms in total. The number of nitrogens with zero attached hydrogens (tertiary/aromatic N) is 11. The van der Waals surface area contributed by atoms with Gasteiger partial charge in [0.15, 0.2) is 22.3 Å². The first-order valence-corrected chi connectivity index (χ1v) is 46.9. The highest BCUT2D eigenvalue weighted by Crippen LogP contribution is 2.63. The molecule has 0 radical (unpaired) electrons. The highest BCUT2D eigenvalue weighted by Gasteiger charge is 2.50. The first-order valence-electron chi connectivity index (χ1n) is 33.4. The van der Waals surface area contributed by atoms with Crippen molar-refractivity contribution in [3.05, 3.63) is 121 Å². The molecule has 6 aliphatic heterocycles. The number of rotatable bonds is 31. The molecule has 6 aliphatic rings. The second-order valence-electron chi connectivity index (χ2n) is 26.7. The molecule has 602 valence electrons. The SMILES string of the molecule is Cc1cn([C@H]2CC(OP(=O)(S)OC[C@H]3O[C@@H](n4ccc(N)nc4=O)CC3C(C)C)[C@@H](COP(=O)(S)OC3C[C@H](n4cnc5c(=O)[nH]c(N)nc54)O[C@@H]3COP(=O)(S)OC3C[C@H](n4cc(C)c(=O)[nH]c4=O)O[C@@H]3COP(=O)(S)OC3C[C@H](n4cnc5c(=O)[nH]c(N)nc54)O[C@@H]3COP(=O)(S)OC3CN3C)O2)c(=O)[nH]c1=O. The van der Waals surface area contributed by atoms with Gasteiger partial charge >= 0.3 is 51.1 Å². The lowest BCUT2D eigenvalue weighted by Gasteiger charge is -2.27. The fraction of sp³-hybridized carbons (Fsp3) is 0.600. The van der Waals surface area contributed by atoms with Gasteiger partial charge in [-0.25, -0.2) is 47.2 Å². The Kier molecular flexibility index (Phi) is 24.6. The summed E-state index contributed by atoms with van der Waals surface area (Å²) in [5.74, 6) is -0.824. The molecule has 6 fully saturated rings. The molecule has 0 saturated carbocycles. The van der Waals surface area contributed by atoms with Crippen LogP contribution in [0.4, 0.5) is 17.7 Å². The van der Waals surface area contributed by atoms with Crippen LogP contribution in [0.15, 0.2) is 70.9 Å². The molecule has 0 aliphatic carbocycles. The maximum absolute atomic E-state index is 14.8. The van der Waals surface area contributed by atoms with E-state index in [0.717, 1.165) is 9.13 Å². The van der Waals surface area contributed by atoms with Gasteiger partial charge in [-0.15, -0.1) is 0 Å². The summed E-state index contributed by atoms with van der Waals surface area (Å²) in [4.78, 5) is 121. The van der Waals surface area contributed by atoms with Crippen molar-refractivity contribution in [2.24, 2.45) is 11.8 Å². The topological polar surface area (TPSA) is 577 Å². The second-order valence-corrected chi connectivity index (χ2v) is 41.1. The van der Waals surface area contributed by atoms with Crippen molar-refractivity contribution < 1.29 is 91.7 Å². The highest BCUT2D eigenvalue weighted by molar-refractivity contribution is 8.45. The number of nitrogens with one attached hydrogen (secondary N) is 4. The second kappa shape index (κ2) is 32.7. The van der Waals surface area contributed by atoms with Crippen LogP contribution >= 0.6 is 95.2 Å². The normalized spacial score (nSPS) is 30.4. The summed E-state index contributed by atoms with van der Waals surface area (Å²) in [7, 11) is 1.71. The van der Waals surface area contributed by atoms with E-state index < -0.39 is 192 Å². The number of aromatic nitrogens is 14. The number of nitrogen functional groups attached to an aromatic ring is 3. The predicted molar refractivity (Wildman–Crippen MR) is 401 cm³/mol. The number of H-pyrrole nitrogens is 4. The van der Waals surface area contributed by atoms with E-state index in [1.807, 2.05) is 13.8 Å². The van der Waals surface area contributed by atoms with Crippen LogP contribution in [0.1, 0.15) is 88.2 Å². The van der Waals surface area contributed by atoms with E-state index in [1.165, 1.54) is 64.9 Å². The van der Waals surface area contributed by atoms with Crippen LogP contribution in [0, 0.1) is 25.7 Å². The fourth-order valence-corrected chi connectivity index (χ4v) is 20.6. The van der Waals surface area contributed by atoms with E-state index >= 15 is 0 Å². The maximum atomic E-state index is 14.8. The number of nitrogens with two attached hydrogens (primary N) is 3. The Hall–Kier alpha value is -5.40. The highest BCUT2D eigenvalue weighted by atomic mass is 32.7. The zero-order valence-electron chi connectivity index (χ0n) is 58.2. The molecule has 110 heavy (non-hydrogen) atoms. The van der Waals surface area contributed by atoms with Crippen LogP contribution in [0.25, 0.3) is 22.3 Å². The van der Waals surface area contributed by atoms with Crippen molar-refractivity contribution in [1.82, 2.24) is 72.6 Å². The Morgan fingerprint density at radius 1 is 0.482 bits per heavy atom. The summed E-state index contributed by atoms with van der Waals surface area (Å²) in [6, 6.07) is 1.44. The third kappa shape index (κ3) is 19.2. The van der Waals surface area contributed by atoms with Gasteiger partial charge in [0.1, 0.15) is 92.0 Å². The number of hydrogen-bond acceptors (Lipinski definition) is 36. The van der Waals surface area contributed by atoms with Gasteiger partial charge in [-0.05, 0) is 45.2 Å². The van der Waals surface area contributed by atoms with Crippen LogP contribution in [-0.2, 0) is 91.7 Å². The van der Waals surface area contributed by atoms with Gasteiger partial charge < -0.3 is 40.9 Å². The Morgan fingerprint density at radius 2 is 0.818 bits per heavy atom. The van der Waals surface area contributed by atoms with Crippen LogP contribution in [-0.4, -0.2) is 180 Å². The van der Waals surface area contributed by atoms with E-state index in [2.05, 4.69) is 106 Å². The van der Waals surface area contributed by atoms with Crippen LogP contribution in [0.2, 0.25) is 0 Å². The zero-order chi connectivity index (χ0) is 79.0. The molecular formula is C55H75N18O27P5S5. The molecule has 7 aromatic rings. The van der Waals surface area contributed by atoms with Gasteiger partial charge in [-0.3, -0.25) is 112 Å². The number of anilines is 3. The van der Waals surface area contributed by atoms with Gasteiger partial charge in [0.05, 0.1) is 51.8 Å². The maximum Gasteiger partial charge on any atom is 0.387 e. The number of thiol groups is 5. The van der Waals surface area contributed by atoms with Gasteiger partial charge in [0.2, 0.25) is 11.9 Å². The average molecular weight is 1740 g/mol. The zero-order valence-corrected chi connectivity index (χ0v) is 67.1. The number of likely N-dealkylation sites (N-methyl/N-ethyl adjacent to an activating group) is 1.